The highest BCUT2D eigenvalue weighted by Crippen LogP contribution is 2.29. The van der Waals surface area contributed by atoms with Crippen molar-refractivity contribution in [2.45, 2.75) is 24.8 Å². The molecule has 0 aliphatic rings. The molecule has 1 aromatic heterocycles. The van der Waals surface area contributed by atoms with Crippen LogP contribution in [0, 0.1) is 10.1 Å². The molecule has 1 aromatic carbocycles. The summed E-state index contributed by atoms with van der Waals surface area (Å²) in [5.74, 6) is -0.858. The number of benzene rings is 1. The van der Waals surface area contributed by atoms with Crippen LogP contribution in [0.15, 0.2) is 41.4 Å². The number of ether oxygens (including phenoxy) is 1. The van der Waals surface area contributed by atoms with E-state index in [0.717, 1.165) is 18.3 Å². The fourth-order valence-electron chi connectivity index (χ4n) is 1.96. The van der Waals surface area contributed by atoms with Gasteiger partial charge in [0.15, 0.2) is 4.90 Å². The van der Waals surface area contributed by atoms with E-state index in [2.05, 4.69) is 0 Å². The van der Waals surface area contributed by atoms with Crippen molar-refractivity contribution in [2.75, 3.05) is 0 Å². The number of nitro benzene ring substituents is 1. The van der Waals surface area contributed by atoms with E-state index in [1.54, 1.807) is 13.8 Å². The lowest BCUT2D eigenvalue weighted by molar-refractivity contribution is -0.387. The minimum Gasteiger partial charge on any atom is -0.458 e. The van der Waals surface area contributed by atoms with Crippen LogP contribution in [-0.2, 0) is 14.8 Å². The Morgan fingerprint density at radius 1 is 1.33 bits per heavy atom. The molecule has 0 N–H and O–H groups in total. The number of rotatable bonds is 5. The van der Waals surface area contributed by atoms with Gasteiger partial charge < -0.3 is 4.74 Å². The van der Waals surface area contributed by atoms with Crippen LogP contribution in [0.5, 0.6) is 0 Å². The SMILES string of the molecule is CC(C)OC(=O)c1cccn1S(=O)(=O)c1cc(Cl)ccc1[N+](=O)[O-]. The average Bonchev–Trinajstić information content (AvgIpc) is 2.96. The number of nitrogens with zero attached hydrogens (tertiary/aromatic N) is 2. The summed E-state index contributed by atoms with van der Waals surface area (Å²) in [7, 11) is -4.42. The largest absolute Gasteiger partial charge is 0.458 e. The lowest BCUT2D eigenvalue weighted by atomic mass is 10.3. The first-order valence-corrected chi connectivity index (χ1v) is 8.54. The molecule has 0 unspecified atom stereocenters. The van der Waals surface area contributed by atoms with Crippen molar-refractivity contribution in [2.24, 2.45) is 0 Å². The number of carbonyl (C=O) groups excluding carboxylic acids is 1. The molecule has 0 fully saturated rings. The van der Waals surface area contributed by atoms with E-state index in [9.17, 15) is 23.3 Å². The Balaban J connectivity index is 2.62. The molecule has 0 atom stereocenters. The van der Waals surface area contributed by atoms with E-state index in [1.165, 1.54) is 18.2 Å². The van der Waals surface area contributed by atoms with Crippen LogP contribution in [-0.4, -0.2) is 29.4 Å². The molecule has 8 nitrogen and oxygen atoms in total. The first-order chi connectivity index (χ1) is 11.1. The summed E-state index contributed by atoms with van der Waals surface area (Å²) in [5.41, 5.74) is -0.908. The van der Waals surface area contributed by atoms with E-state index in [1.807, 2.05) is 0 Å². The highest BCUT2D eigenvalue weighted by Gasteiger charge is 2.30. The van der Waals surface area contributed by atoms with Crippen molar-refractivity contribution in [1.82, 2.24) is 3.97 Å². The van der Waals surface area contributed by atoms with Crippen LogP contribution in [0.25, 0.3) is 0 Å². The van der Waals surface area contributed by atoms with Crippen molar-refractivity contribution < 1.29 is 22.9 Å². The third-order valence-electron chi connectivity index (χ3n) is 2.92. The zero-order chi connectivity index (χ0) is 18.1. The monoisotopic (exact) mass is 372 g/mol. The predicted molar refractivity (Wildman–Crippen MR) is 85.7 cm³/mol. The Kier molecular flexibility index (Phi) is 4.95. The third kappa shape index (κ3) is 3.41. The maximum absolute atomic E-state index is 12.8. The number of carbonyl (C=O) groups is 1. The lowest BCUT2D eigenvalue weighted by Crippen LogP contribution is -2.21. The normalized spacial score (nSPS) is 11.5. The van der Waals surface area contributed by atoms with Gasteiger partial charge in [0.05, 0.1) is 11.0 Å². The first kappa shape index (κ1) is 18.0. The van der Waals surface area contributed by atoms with Crippen molar-refractivity contribution >= 4 is 33.3 Å². The van der Waals surface area contributed by atoms with Gasteiger partial charge in [0.2, 0.25) is 0 Å². The molecule has 2 rings (SSSR count). The Morgan fingerprint density at radius 2 is 2.00 bits per heavy atom. The summed E-state index contributed by atoms with van der Waals surface area (Å²) in [5, 5.41) is 11.1. The van der Waals surface area contributed by atoms with E-state index in [0.29, 0.717) is 3.97 Å². The van der Waals surface area contributed by atoms with Gasteiger partial charge in [-0.3, -0.25) is 10.1 Å². The van der Waals surface area contributed by atoms with Crippen LogP contribution in [0.1, 0.15) is 24.3 Å². The van der Waals surface area contributed by atoms with E-state index in [-0.39, 0.29) is 10.7 Å². The van der Waals surface area contributed by atoms with Crippen LogP contribution >= 0.6 is 11.6 Å². The second-order valence-corrected chi connectivity index (χ2v) is 7.24. The molecular weight excluding hydrogens is 360 g/mol. The van der Waals surface area contributed by atoms with Crippen LogP contribution in [0.2, 0.25) is 5.02 Å². The van der Waals surface area contributed by atoms with Gasteiger partial charge >= 0.3 is 5.97 Å². The summed E-state index contributed by atoms with van der Waals surface area (Å²) in [6, 6.07) is 5.74. The minimum absolute atomic E-state index is 0.0117. The molecule has 0 amide bonds. The fraction of sp³-hybridized carbons (Fsp3) is 0.214. The van der Waals surface area contributed by atoms with Gasteiger partial charge in [-0.2, -0.15) is 0 Å². The zero-order valence-corrected chi connectivity index (χ0v) is 14.2. The highest BCUT2D eigenvalue weighted by molar-refractivity contribution is 7.90. The molecule has 0 bridgehead atoms. The van der Waals surface area contributed by atoms with Crippen molar-refractivity contribution in [3.63, 3.8) is 0 Å². The van der Waals surface area contributed by atoms with Gasteiger partial charge in [0.1, 0.15) is 5.69 Å². The molecule has 0 radical (unpaired) electrons. The fourth-order valence-corrected chi connectivity index (χ4v) is 3.72. The summed E-state index contributed by atoms with van der Waals surface area (Å²) in [6.45, 7) is 3.23. The molecule has 2 aromatic rings. The third-order valence-corrected chi connectivity index (χ3v) is 4.87. The standard InChI is InChI=1S/C14H13ClN2O6S/c1-9(2)23-14(18)12-4-3-7-16(12)24(21,22)13-8-10(15)5-6-11(13)17(19)20/h3-9H,1-2H3. The average molecular weight is 373 g/mol. The Bertz CT molecular complexity index is 904. The molecule has 0 saturated heterocycles. The van der Waals surface area contributed by atoms with Gasteiger partial charge in [0, 0.05) is 17.3 Å². The summed E-state index contributed by atoms with van der Waals surface area (Å²) < 4.78 is 31.2. The van der Waals surface area contributed by atoms with Crippen LogP contribution < -0.4 is 0 Å². The van der Waals surface area contributed by atoms with E-state index in [4.69, 9.17) is 16.3 Å². The van der Waals surface area contributed by atoms with Crippen molar-refractivity contribution in [3.05, 3.63) is 57.4 Å². The molecule has 0 aliphatic heterocycles. The van der Waals surface area contributed by atoms with Crippen molar-refractivity contribution in [1.29, 1.82) is 0 Å². The van der Waals surface area contributed by atoms with E-state index >= 15 is 0 Å². The molecule has 0 spiro atoms. The molecular formula is C14H13ClN2O6S. The minimum atomic E-state index is -4.42. The zero-order valence-electron chi connectivity index (χ0n) is 12.7. The second-order valence-electron chi connectivity index (χ2n) is 5.02. The van der Waals surface area contributed by atoms with Gasteiger partial charge in [-0.05, 0) is 38.1 Å². The number of aromatic nitrogens is 1. The number of esters is 1. The van der Waals surface area contributed by atoms with Gasteiger partial charge in [-0.25, -0.2) is 17.2 Å². The smallest absolute Gasteiger partial charge is 0.356 e. The Morgan fingerprint density at radius 3 is 2.58 bits per heavy atom. The van der Waals surface area contributed by atoms with Gasteiger partial charge in [-0.1, -0.05) is 11.6 Å². The second kappa shape index (κ2) is 6.62. The number of nitro groups is 1. The highest BCUT2D eigenvalue weighted by atomic mass is 35.5. The molecule has 10 heteroatoms. The van der Waals surface area contributed by atoms with Gasteiger partial charge in [0.25, 0.3) is 15.7 Å². The number of hydrogen-bond donors (Lipinski definition) is 0. The maximum atomic E-state index is 12.8. The molecule has 0 aliphatic carbocycles. The lowest BCUT2D eigenvalue weighted by Gasteiger charge is -2.12. The Labute approximate surface area is 142 Å². The number of halogens is 1. The van der Waals surface area contributed by atoms with Gasteiger partial charge in [-0.15, -0.1) is 0 Å². The van der Waals surface area contributed by atoms with Crippen LogP contribution in [0.3, 0.4) is 0 Å². The topological polar surface area (TPSA) is 109 Å². The van der Waals surface area contributed by atoms with E-state index < -0.39 is 37.6 Å². The quantitative estimate of drug-likeness (QED) is 0.453. The summed E-state index contributed by atoms with van der Waals surface area (Å²) >= 11 is 5.77. The summed E-state index contributed by atoms with van der Waals surface area (Å²) in [6.07, 6.45) is 0.653. The van der Waals surface area contributed by atoms with Crippen LogP contribution in [0.4, 0.5) is 5.69 Å². The van der Waals surface area contributed by atoms with Crippen molar-refractivity contribution in [3.8, 4) is 0 Å². The molecule has 1 heterocycles. The maximum Gasteiger partial charge on any atom is 0.356 e. The predicted octanol–water partition coefficient (Wildman–Crippen LogP) is 2.85. The number of hydrogen-bond acceptors (Lipinski definition) is 6. The molecule has 24 heavy (non-hydrogen) atoms. The molecule has 0 saturated carbocycles. The first-order valence-electron chi connectivity index (χ1n) is 6.72. The Hall–Kier alpha value is -2.39. The summed E-state index contributed by atoms with van der Waals surface area (Å²) in [4.78, 5) is 21.7. The molecule has 128 valence electrons.